The van der Waals surface area contributed by atoms with Crippen LogP contribution >= 0.6 is 0 Å². The van der Waals surface area contributed by atoms with Gasteiger partial charge in [-0.3, -0.25) is 0 Å². The molecule has 150 valence electrons. The lowest BCUT2D eigenvalue weighted by Crippen LogP contribution is -1.93. The second-order valence-corrected chi connectivity index (χ2v) is 6.90. The molecule has 0 unspecified atom stereocenters. The van der Waals surface area contributed by atoms with Crippen molar-refractivity contribution in [3.63, 3.8) is 0 Å². The van der Waals surface area contributed by atoms with Gasteiger partial charge in [0.05, 0.1) is 21.3 Å². The number of ether oxygens (including phenoxy) is 3. The number of methoxy groups -OCH3 is 3. The Labute approximate surface area is 177 Å². The summed E-state index contributed by atoms with van der Waals surface area (Å²) in [5.41, 5.74) is 6.30. The predicted octanol–water partition coefficient (Wildman–Crippen LogP) is 6.71. The summed E-state index contributed by atoms with van der Waals surface area (Å²) in [6.07, 6.45) is 0. The zero-order valence-electron chi connectivity index (χ0n) is 17.4. The topological polar surface area (TPSA) is 27.7 Å². The van der Waals surface area contributed by atoms with Crippen molar-refractivity contribution in [2.45, 2.75) is 0 Å². The Morgan fingerprint density at radius 2 is 0.667 bits per heavy atom. The van der Waals surface area contributed by atoms with Gasteiger partial charge in [0, 0.05) is 16.7 Å². The van der Waals surface area contributed by atoms with Crippen LogP contribution in [0.1, 0.15) is 0 Å². The van der Waals surface area contributed by atoms with Gasteiger partial charge in [0.15, 0.2) is 0 Å². The van der Waals surface area contributed by atoms with Gasteiger partial charge in [0.2, 0.25) is 0 Å². The fraction of sp³-hybridized carbons (Fsp3) is 0.111. The van der Waals surface area contributed by atoms with E-state index in [2.05, 4.69) is 36.4 Å². The minimum atomic E-state index is 0.834. The van der Waals surface area contributed by atoms with Crippen LogP contribution in [0.4, 0.5) is 0 Å². The number of hydrogen-bond donors (Lipinski definition) is 0. The minimum absolute atomic E-state index is 0.834. The minimum Gasteiger partial charge on any atom is -0.496 e. The summed E-state index contributed by atoms with van der Waals surface area (Å²) in [6, 6.07) is 30.7. The molecule has 3 nitrogen and oxygen atoms in total. The summed E-state index contributed by atoms with van der Waals surface area (Å²) < 4.78 is 16.9. The molecular formula is C27H24O3. The van der Waals surface area contributed by atoms with Crippen LogP contribution in [0.5, 0.6) is 17.2 Å². The Morgan fingerprint density at radius 3 is 0.933 bits per heavy atom. The van der Waals surface area contributed by atoms with Gasteiger partial charge < -0.3 is 14.2 Å². The third-order valence-corrected chi connectivity index (χ3v) is 5.19. The van der Waals surface area contributed by atoms with Crippen LogP contribution in [0.25, 0.3) is 33.4 Å². The van der Waals surface area contributed by atoms with E-state index in [1.54, 1.807) is 21.3 Å². The summed E-state index contributed by atoms with van der Waals surface area (Å²) in [5, 5.41) is 0. The number of para-hydroxylation sites is 3. The van der Waals surface area contributed by atoms with Gasteiger partial charge in [0.1, 0.15) is 17.2 Å². The SMILES string of the molecule is COc1ccccc1-c1cc(-c2ccccc2OC)cc(-c2ccccc2OC)c1. The number of benzene rings is 4. The van der Waals surface area contributed by atoms with E-state index in [1.165, 1.54) is 0 Å². The summed E-state index contributed by atoms with van der Waals surface area (Å²) in [6.45, 7) is 0. The maximum absolute atomic E-state index is 5.63. The maximum atomic E-state index is 5.63. The van der Waals surface area contributed by atoms with Crippen molar-refractivity contribution in [1.82, 2.24) is 0 Å². The van der Waals surface area contributed by atoms with E-state index in [1.807, 2.05) is 54.6 Å². The van der Waals surface area contributed by atoms with Crippen molar-refractivity contribution in [3.8, 4) is 50.6 Å². The van der Waals surface area contributed by atoms with Crippen molar-refractivity contribution in [2.24, 2.45) is 0 Å². The van der Waals surface area contributed by atoms with Crippen LogP contribution in [-0.4, -0.2) is 21.3 Å². The maximum Gasteiger partial charge on any atom is 0.126 e. The third-order valence-electron chi connectivity index (χ3n) is 5.19. The van der Waals surface area contributed by atoms with Gasteiger partial charge in [-0.15, -0.1) is 0 Å². The summed E-state index contributed by atoms with van der Waals surface area (Å²) in [5.74, 6) is 2.50. The van der Waals surface area contributed by atoms with Crippen LogP contribution in [0, 0.1) is 0 Å². The van der Waals surface area contributed by atoms with E-state index >= 15 is 0 Å². The largest absolute Gasteiger partial charge is 0.496 e. The molecule has 0 radical (unpaired) electrons. The third kappa shape index (κ3) is 3.74. The van der Waals surface area contributed by atoms with Crippen molar-refractivity contribution in [3.05, 3.63) is 91.0 Å². The lowest BCUT2D eigenvalue weighted by Gasteiger charge is -2.16. The first kappa shape index (κ1) is 19.6. The Bertz CT molecular complexity index is 1010. The van der Waals surface area contributed by atoms with Crippen molar-refractivity contribution in [2.75, 3.05) is 21.3 Å². The molecule has 0 aliphatic carbocycles. The molecule has 3 heteroatoms. The Hall–Kier alpha value is -3.72. The van der Waals surface area contributed by atoms with Gasteiger partial charge in [-0.1, -0.05) is 54.6 Å². The molecule has 0 bridgehead atoms. The highest BCUT2D eigenvalue weighted by Gasteiger charge is 2.14. The first-order valence-electron chi connectivity index (χ1n) is 9.80. The molecule has 0 aliphatic heterocycles. The van der Waals surface area contributed by atoms with Crippen LogP contribution in [-0.2, 0) is 0 Å². The Morgan fingerprint density at radius 1 is 0.400 bits per heavy atom. The van der Waals surface area contributed by atoms with Crippen LogP contribution < -0.4 is 14.2 Å². The highest BCUT2D eigenvalue weighted by molar-refractivity contribution is 5.85. The van der Waals surface area contributed by atoms with Gasteiger partial charge in [-0.25, -0.2) is 0 Å². The Kier molecular flexibility index (Phi) is 5.71. The number of rotatable bonds is 6. The second-order valence-electron chi connectivity index (χ2n) is 6.90. The fourth-order valence-electron chi connectivity index (χ4n) is 3.74. The first-order valence-corrected chi connectivity index (χ1v) is 9.80. The molecule has 0 saturated carbocycles. The van der Waals surface area contributed by atoms with Crippen molar-refractivity contribution >= 4 is 0 Å². The van der Waals surface area contributed by atoms with Crippen LogP contribution in [0.3, 0.4) is 0 Å². The van der Waals surface area contributed by atoms with E-state index in [9.17, 15) is 0 Å². The molecule has 0 aliphatic rings. The van der Waals surface area contributed by atoms with E-state index in [0.29, 0.717) is 0 Å². The lowest BCUT2D eigenvalue weighted by atomic mass is 9.92. The number of hydrogen-bond acceptors (Lipinski definition) is 3. The summed E-state index contributed by atoms with van der Waals surface area (Å²) in [7, 11) is 5.10. The highest BCUT2D eigenvalue weighted by atomic mass is 16.5. The average Bonchev–Trinajstić information content (AvgIpc) is 2.83. The van der Waals surface area contributed by atoms with Gasteiger partial charge in [0.25, 0.3) is 0 Å². The lowest BCUT2D eigenvalue weighted by molar-refractivity contribution is 0.416. The van der Waals surface area contributed by atoms with E-state index in [-0.39, 0.29) is 0 Å². The van der Waals surface area contributed by atoms with Crippen LogP contribution in [0.2, 0.25) is 0 Å². The quantitative estimate of drug-likeness (QED) is 0.362. The van der Waals surface area contributed by atoms with Gasteiger partial charge in [-0.2, -0.15) is 0 Å². The Balaban J connectivity index is 2.00. The molecule has 0 N–H and O–H groups in total. The molecule has 4 aromatic rings. The van der Waals surface area contributed by atoms with E-state index in [4.69, 9.17) is 14.2 Å². The second kappa shape index (κ2) is 8.75. The normalized spacial score (nSPS) is 10.5. The molecule has 4 rings (SSSR count). The zero-order valence-corrected chi connectivity index (χ0v) is 17.4. The summed E-state index contributed by atoms with van der Waals surface area (Å²) in [4.78, 5) is 0. The predicted molar refractivity (Wildman–Crippen MR) is 122 cm³/mol. The summed E-state index contributed by atoms with van der Waals surface area (Å²) >= 11 is 0. The van der Waals surface area contributed by atoms with Gasteiger partial charge in [-0.05, 0) is 53.1 Å². The van der Waals surface area contributed by atoms with E-state index < -0.39 is 0 Å². The first-order chi connectivity index (χ1) is 14.7. The highest BCUT2D eigenvalue weighted by Crippen LogP contribution is 2.40. The van der Waals surface area contributed by atoms with Crippen molar-refractivity contribution < 1.29 is 14.2 Å². The van der Waals surface area contributed by atoms with Crippen LogP contribution in [0.15, 0.2) is 91.0 Å². The molecule has 30 heavy (non-hydrogen) atoms. The monoisotopic (exact) mass is 396 g/mol. The zero-order chi connectivity index (χ0) is 20.9. The molecule has 0 atom stereocenters. The van der Waals surface area contributed by atoms with Gasteiger partial charge >= 0.3 is 0 Å². The molecule has 0 fully saturated rings. The van der Waals surface area contributed by atoms with Crippen molar-refractivity contribution in [1.29, 1.82) is 0 Å². The molecule has 0 amide bonds. The smallest absolute Gasteiger partial charge is 0.126 e. The standard InChI is InChI=1S/C27H24O3/c1-28-25-13-7-4-10-22(25)19-16-20(23-11-5-8-14-26(23)29-2)18-21(17-19)24-12-6-9-15-27(24)30-3/h4-18H,1-3H3. The molecule has 0 heterocycles. The average molecular weight is 396 g/mol. The molecule has 0 aromatic heterocycles. The fourth-order valence-corrected chi connectivity index (χ4v) is 3.74. The van der Waals surface area contributed by atoms with E-state index in [0.717, 1.165) is 50.6 Å². The molecular weight excluding hydrogens is 372 g/mol. The molecule has 0 spiro atoms. The molecule has 4 aromatic carbocycles. The molecule has 0 saturated heterocycles.